The fourth-order valence-corrected chi connectivity index (χ4v) is 4.40. The number of carbonyl (C=O) groups excluding carboxylic acids is 2. The van der Waals surface area contributed by atoms with Crippen molar-refractivity contribution in [1.82, 2.24) is 9.80 Å². The van der Waals surface area contributed by atoms with Crippen LogP contribution in [-0.4, -0.2) is 47.8 Å². The van der Waals surface area contributed by atoms with E-state index < -0.39 is 5.41 Å². The zero-order valence-corrected chi connectivity index (χ0v) is 14.5. The van der Waals surface area contributed by atoms with E-state index in [-0.39, 0.29) is 23.5 Å². The van der Waals surface area contributed by atoms with Crippen molar-refractivity contribution in [1.29, 1.82) is 0 Å². The summed E-state index contributed by atoms with van der Waals surface area (Å²) in [5, 5.41) is 0. The third-order valence-electron chi connectivity index (χ3n) is 6.01. The van der Waals surface area contributed by atoms with Gasteiger partial charge >= 0.3 is 0 Å². The molecule has 2 amide bonds. The van der Waals surface area contributed by atoms with Crippen LogP contribution in [0.2, 0.25) is 0 Å². The monoisotopic (exact) mass is 344 g/mol. The van der Waals surface area contributed by atoms with Crippen LogP contribution >= 0.6 is 0 Å². The summed E-state index contributed by atoms with van der Waals surface area (Å²) in [6.45, 7) is 2.94. The van der Waals surface area contributed by atoms with Crippen molar-refractivity contribution in [2.24, 2.45) is 5.92 Å². The van der Waals surface area contributed by atoms with Gasteiger partial charge in [-0.15, -0.1) is 0 Å². The van der Waals surface area contributed by atoms with E-state index in [0.717, 1.165) is 57.2 Å². The van der Waals surface area contributed by atoms with Crippen molar-refractivity contribution in [3.63, 3.8) is 0 Å². The predicted molar refractivity (Wildman–Crippen MR) is 92.4 cm³/mol. The molecule has 5 heteroatoms. The lowest BCUT2D eigenvalue weighted by Gasteiger charge is -2.36. The molecule has 0 radical (unpaired) electrons. The van der Waals surface area contributed by atoms with E-state index >= 15 is 0 Å². The number of carbonyl (C=O) groups is 2. The van der Waals surface area contributed by atoms with E-state index in [1.165, 1.54) is 12.1 Å². The quantitative estimate of drug-likeness (QED) is 0.846. The summed E-state index contributed by atoms with van der Waals surface area (Å²) in [7, 11) is 0. The van der Waals surface area contributed by atoms with E-state index in [1.54, 1.807) is 6.07 Å². The van der Waals surface area contributed by atoms with Crippen LogP contribution in [0.4, 0.5) is 4.39 Å². The van der Waals surface area contributed by atoms with Gasteiger partial charge < -0.3 is 9.80 Å². The van der Waals surface area contributed by atoms with Gasteiger partial charge in [0.25, 0.3) is 0 Å². The smallest absolute Gasteiger partial charge is 0.233 e. The molecule has 1 atom stereocenters. The Morgan fingerprint density at radius 3 is 2.44 bits per heavy atom. The molecule has 1 aliphatic carbocycles. The minimum absolute atomic E-state index is 0.0703. The molecule has 0 spiro atoms. The number of piperidine rings is 1. The number of halogens is 1. The van der Waals surface area contributed by atoms with Gasteiger partial charge in [-0.25, -0.2) is 4.39 Å². The zero-order chi connectivity index (χ0) is 17.4. The molecule has 1 unspecified atom stereocenters. The molecule has 4 nitrogen and oxygen atoms in total. The number of rotatable bonds is 3. The Balaban J connectivity index is 1.47. The molecule has 1 saturated carbocycles. The van der Waals surface area contributed by atoms with Gasteiger partial charge in [0.2, 0.25) is 11.8 Å². The van der Waals surface area contributed by atoms with Crippen molar-refractivity contribution in [2.45, 2.75) is 43.9 Å². The molecule has 0 N–H and O–H groups in total. The van der Waals surface area contributed by atoms with Gasteiger partial charge in [-0.1, -0.05) is 12.1 Å². The van der Waals surface area contributed by atoms with E-state index in [4.69, 9.17) is 0 Å². The summed E-state index contributed by atoms with van der Waals surface area (Å²) < 4.78 is 13.6. The Morgan fingerprint density at radius 1 is 1.04 bits per heavy atom. The molecular formula is C20H25FN2O2. The number of hydrogen-bond donors (Lipinski definition) is 0. The van der Waals surface area contributed by atoms with E-state index in [1.807, 2.05) is 15.9 Å². The number of nitrogens with zero attached hydrogens (tertiary/aromatic N) is 2. The van der Waals surface area contributed by atoms with Crippen LogP contribution < -0.4 is 0 Å². The number of benzene rings is 1. The first-order valence-corrected chi connectivity index (χ1v) is 9.44. The summed E-state index contributed by atoms with van der Waals surface area (Å²) in [5.74, 6) is -0.0703. The van der Waals surface area contributed by atoms with Gasteiger partial charge in [-0.3, -0.25) is 9.59 Å². The highest BCUT2D eigenvalue weighted by molar-refractivity contribution is 5.92. The first-order valence-electron chi connectivity index (χ1n) is 9.44. The second kappa shape index (κ2) is 6.43. The molecule has 2 heterocycles. The SMILES string of the molecule is O=C(C1CCCN(C(=O)C2(c3cccc(F)c3)CC2)C1)N1CCCC1. The molecule has 25 heavy (non-hydrogen) atoms. The Labute approximate surface area is 148 Å². The van der Waals surface area contributed by atoms with Gasteiger partial charge in [-0.05, 0) is 56.2 Å². The number of amides is 2. The summed E-state index contributed by atoms with van der Waals surface area (Å²) in [6, 6.07) is 6.43. The fourth-order valence-electron chi connectivity index (χ4n) is 4.40. The number of hydrogen-bond acceptors (Lipinski definition) is 2. The highest BCUT2D eigenvalue weighted by Crippen LogP contribution is 2.50. The molecule has 134 valence electrons. The van der Waals surface area contributed by atoms with E-state index in [9.17, 15) is 14.0 Å². The van der Waals surface area contributed by atoms with Crippen molar-refractivity contribution in [3.8, 4) is 0 Å². The molecule has 2 saturated heterocycles. The van der Waals surface area contributed by atoms with Crippen LogP contribution in [0, 0.1) is 11.7 Å². The lowest BCUT2D eigenvalue weighted by molar-refractivity contribution is -0.141. The molecule has 4 rings (SSSR count). The first kappa shape index (κ1) is 16.6. The lowest BCUT2D eigenvalue weighted by atomic mass is 9.91. The standard InChI is InChI=1S/C20H25FN2O2/c21-17-7-3-6-16(13-17)20(8-9-20)19(25)23-12-4-5-15(14-23)18(24)22-10-1-2-11-22/h3,6-7,13,15H,1-2,4-5,8-12,14H2. The van der Waals surface area contributed by atoms with Crippen molar-refractivity contribution >= 4 is 11.8 Å². The molecule has 0 bridgehead atoms. The van der Waals surface area contributed by atoms with Gasteiger partial charge in [-0.2, -0.15) is 0 Å². The Morgan fingerprint density at radius 2 is 1.76 bits per heavy atom. The second-order valence-electron chi connectivity index (χ2n) is 7.72. The Kier molecular flexibility index (Phi) is 4.26. The van der Waals surface area contributed by atoms with E-state index in [0.29, 0.717) is 13.1 Å². The number of likely N-dealkylation sites (tertiary alicyclic amines) is 2. The van der Waals surface area contributed by atoms with Crippen LogP contribution in [0.1, 0.15) is 44.1 Å². The molecule has 1 aromatic rings. The van der Waals surface area contributed by atoms with Crippen LogP contribution in [0.5, 0.6) is 0 Å². The molecule has 0 aromatic heterocycles. The molecule has 3 fully saturated rings. The van der Waals surface area contributed by atoms with E-state index in [2.05, 4.69) is 0 Å². The summed E-state index contributed by atoms with van der Waals surface area (Å²) in [5.41, 5.74) is 0.228. The van der Waals surface area contributed by atoms with Crippen LogP contribution in [0.3, 0.4) is 0 Å². The van der Waals surface area contributed by atoms with Gasteiger partial charge in [0.1, 0.15) is 5.82 Å². The van der Waals surface area contributed by atoms with Crippen molar-refractivity contribution < 1.29 is 14.0 Å². The Bertz CT molecular complexity index is 680. The maximum atomic E-state index is 13.6. The van der Waals surface area contributed by atoms with Gasteiger partial charge in [0, 0.05) is 26.2 Å². The van der Waals surface area contributed by atoms with Crippen LogP contribution in [0.25, 0.3) is 0 Å². The van der Waals surface area contributed by atoms with Crippen molar-refractivity contribution in [2.75, 3.05) is 26.2 Å². The van der Waals surface area contributed by atoms with Gasteiger partial charge in [0.05, 0.1) is 11.3 Å². The van der Waals surface area contributed by atoms with Gasteiger partial charge in [0.15, 0.2) is 0 Å². The Hall–Kier alpha value is -1.91. The van der Waals surface area contributed by atoms with Crippen LogP contribution in [0.15, 0.2) is 24.3 Å². The zero-order valence-electron chi connectivity index (χ0n) is 14.5. The van der Waals surface area contributed by atoms with Crippen LogP contribution in [-0.2, 0) is 15.0 Å². The third kappa shape index (κ3) is 3.05. The maximum Gasteiger partial charge on any atom is 0.233 e. The summed E-state index contributed by atoms with van der Waals surface area (Å²) >= 11 is 0. The minimum atomic E-state index is -0.555. The average molecular weight is 344 g/mol. The molecule has 1 aromatic carbocycles. The molecule has 2 aliphatic heterocycles. The third-order valence-corrected chi connectivity index (χ3v) is 6.01. The highest BCUT2D eigenvalue weighted by Gasteiger charge is 2.53. The average Bonchev–Trinajstić information content (AvgIpc) is 3.27. The topological polar surface area (TPSA) is 40.6 Å². The minimum Gasteiger partial charge on any atom is -0.342 e. The second-order valence-corrected chi connectivity index (χ2v) is 7.72. The summed E-state index contributed by atoms with van der Waals surface area (Å²) in [6.07, 6.45) is 5.46. The predicted octanol–water partition coefficient (Wildman–Crippen LogP) is 2.72. The summed E-state index contributed by atoms with van der Waals surface area (Å²) in [4.78, 5) is 29.7. The fraction of sp³-hybridized carbons (Fsp3) is 0.600. The molecule has 3 aliphatic rings. The highest BCUT2D eigenvalue weighted by atomic mass is 19.1. The lowest BCUT2D eigenvalue weighted by Crippen LogP contribution is -2.49. The maximum absolute atomic E-state index is 13.6. The van der Waals surface area contributed by atoms with Crippen molar-refractivity contribution in [3.05, 3.63) is 35.6 Å². The largest absolute Gasteiger partial charge is 0.342 e. The first-order chi connectivity index (χ1) is 12.1. The normalized spacial score (nSPS) is 25.1. The molecular weight excluding hydrogens is 319 g/mol.